The van der Waals surface area contributed by atoms with Crippen LogP contribution in [0.3, 0.4) is 0 Å². The average molecular weight is 340 g/mol. The van der Waals surface area contributed by atoms with Crippen LogP contribution in [-0.2, 0) is 11.2 Å². The molecular weight excluding hydrogens is 316 g/mol. The first-order valence-corrected chi connectivity index (χ1v) is 9.53. The van der Waals surface area contributed by atoms with Crippen LogP contribution in [0.2, 0.25) is 0 Å². The molecule has 1 aliphatic rings. The van der Waals surface area contributed by atoms with E-state index in [2.05, 4.69) is 48.4 Å². The fourth-order valence-electron chi connectivity index (χ4n) is 3.00. The summed E-state index contributed by atoms with van der Waals surface area (Å²) in [4.78, 5) is 17.9. The van der Waals surface area contributed by atoms with E-state index in [-0.39, 0.29) is 12.5 Å². The van der Waals surface area contributed by atoms with Gasteiger partial charge in [-0.15, -0.1) is 11.3 Å². The Bertz CT molecular complexity index is 761. The topological polar surface area (TPSA) is 41.5 Å². The van der Waals surface area contributed by atoms with Crippen molar-refractivity contribution in [1.82, 2.24) is 0 Å². The Balaban J connectivity index is 1.89. The van der Waals surface area contributed by atoms with Crippen molar-refractivity contribution in [2.75, 3.05) is 11.9 Å². The van der Waals surface area contributed by atoms with Gasteiger partial charge >= 0.3 is 0 Å². The van der Waals surface area contributed by atoms with Gasteiger partial charge in [0.2, 0.25) is 5.91 Å². The van der Waals surface area contributed by atoms with E-state index in [0.717, 1.165) is 28.3 Å². The zero-order chi connectivity index (χ0) is 16.9. The predicted molar refractivity (Wildman–Crippen MR) is 102 cm³/mol. The standard InChI is InChI=1S/C20H24N2OS/c1-3-4-5-6-10-16-12-17-19(15-9-7-8-14(2)11-15)21-13-18(23)22-20(17)24-16/h7-9,11-12H,3-6,10,13H2,1-2H3,(H,22,23). The van der Waals surface area contributed by atoms with E-state index in [4.69, 9.17) is 0 Å². The number of aliphatic imine (C=N–C) groups is 1. The lowest BCUT2D eigenvalue weighted by Crippen LogP contribution is -2.12. The lowest BCUT2D eigenvalue weighted by molar-refractivity contribution is -0.114. The van der Waals surface area contributed by atoms with Crippen LogP contribution in [0, 0.1) is 6.92 Å². The van der Waals surface area contributed by atoms with Gasteiger partial charge in [-0.3, -0.25) is 9.79 Å². The van der Waals surface area contributed by atoms with E-state index in [9.17, 15) is 4.79 Å². The van der Waals surface area contributed by atoms with Crippen molar-refractivity contribution in [3.05, 3.63) is 51.9 Å². The van der Waals surface area contributed by atoms with Crippen LogP contribution in [0.15, 0.2) is 35.3 Å². The summed E-state index contributed by atoms with van der Waals surface area (Å²) in [5.41, 5.74) is 4.29. The van der Waals surface area contributed by atoms with Gasteiger partial charge in [-0.1, -0.05) is 49.9 Å². The number of hydrogen-bond donors (Lipinski definition) is 1. The quantitative estimate of drug-likeness (QED) is 0.741. The molecule has 126 valence electrons. The van der Waals surface area contributed by atoms with Gasteiger partial charge in [-0.25, -0.2) is 0 Å². The molecule has 1 amide bonds. The van der Waals surface area contributed by atoms with Gasteiger partial charge in [-0.2, -0.15) is 0 Å². The van der Waals surface area contributed by atoms with Crippen molar-refractivity contribution < 1.29 is 4.79 Å². The van der Waals surface area contributed by atoms with Gasteiger partial charge in [0.15, 0.2) is 0 Å². The molecule has 2 aromatic rings. The van der Waals surface area contributed by atoms with E-state index >= 15 is 0 Å². The van der Waals surface area contributed by atoms with Crippen molar-refractivity contribution in [2.45, 2.75) is 46.0 Å². The fraction of sp³-hybridized carbons (Fsp3) is 0.400. The fourth-order valence-corrected chi connectivity index (χ4v) is 4.12. The Labute approximate surface area is 147 Å². The Morgan fingerprint density at radius 1 is 1.21 bits per heavy atom. The molecule has 0 fully saturated rings. The molecule has 2 heterocycles. The van der Waals surface area contributed by atoms with Crippen LogP contribution in [0.1, 0.15) is 54.2 Å². The Morgan fingerprint density at radius 3 is 2.88 bits per heavy atom. The van der Waals surface area contributed by atoms with Crippen LogP contribution in [0.5, 0.6) is 0 Å². The molecule has 1 aromatic carbocycles. The Hall–Kier alpha value is -1.94. The highest BCUT2D eigenvalue weighted by atomic mass is 32.1. The SMILES string of the molecule is CCCCCCc1cc2c(s1)NC(=O)CN=C2c1cccc(C)c1. The number of nitrogens with zero attached hydrogens (tertiary/aromatic N) is 1. The molecule has 0 atom stereocenters. The molecule has 0 unspecified atom stereocenters. The Kier molecular flexibility index (Phi) is 5.46. The highest BCUT2D eigenvalue weighted by Gasteiger charge is 2.21. The molecule has 1 aromatic heterocycles. The molecule has 0 aliphatic carbocycles. The summed E-state index contributed by atoms with van der Waals surface area (Å²) in [5.74, 6) is -0.0294. The van der Waals surface area contributed by atoms with Crippen LogP contribution in [-0.4, -0.2) is 18.2 Å². The second-order valence-corrected chi connectivity index (χ2v) is 7.49. The van der Waals surface area contributed by atoms with Crippen molar-refractivity contribution in [2.24, 2.45) is 4.99 Å². The number of fused-ring (bicyclic) bond motifs is 1. The minimum atomic E-state index is -0.0294. The van der Waals surface area contributed by atoms with Crippen molar-refractivity contribution in [3.63, 3.8) is 0 Å². The van der Waals surface area contributed by atoms with E-state index in [1.165, 1.54) is 36.1 Å². The molecular formula is C20H24N2OS. The first kappa shape index (κ1) is 16.9. The maximum absolute atomic E-state index is 12.0. The van der Waals surface area contributed by atoms with Crippen LogP contribution in [0.25, 0.3) is 0 Å². The number of amides is 1. The molecule has 0 spiro atoms. The number of rotatable bonds is 6. The van der Waals surface area contributed by atoms with Crippen LogP contribution in [0.4, 0.5) is 5.00 Å². The molecule has 0 radical (unpaired) electrons. The van der Waals surface area contributed by atoms with Gasteiger partial charge in [0.25, 0.3) is 0 Å². The largest absolute Gasteiger partial charge is 0.316 e. The lowest BCUT2D eigenvalue weighted by Gasteiger charge is -2.06. The second-order valence-electron chi connectivity index (χ2n) is 6.35. The molecule has 0 saturated carbocycles. The number of anilines is 1. The third-order valence-electron chi connectivity index (χ3n) is 4.24. The monoisotopic (exact) mass is 340 g/mol. The normalized spacial score (nSPS) is 13.9. The molecule has 0 bridgehead atoms. The highest BCUT2D eigenvalue weighted by Crippen LogP contribution is 2.33. The third-order valence-corrected chi connectivity index (χ3v) is 5.35. The molecule has 4 heteroatoms. The number of thiophene rings is 1. The first-order chi connectivity index (χ1) is 11.7. The summed E-state index contributed by atoms with van der Waals surface area (Å²) in [6.07, 6.45) is 6.09. The number of carbonyl (C=O) groups excluding carboxylic acids is 1. The van der Waals surface area contributed by atoms with Crippen molar-refractivity contribution in [3.8, 4) is 0 Å². The average Bonchev–Trinajstić information content (AvgIpc) is 2.87. The zero-order valence-corrected chi connectivity index (χ0v) is 15.2. The van der Waals surface area contributed by atoms with Crippen LogP contribution >= 0.6 is 11.3 Å². The summed E-state index contributed by atoms with van der Waals surface area (Å²) < 4.78 is 0. The molecule has 3 rings (SSSR count). The molecule has 24 heavy (non-hydrogen) atoms. The van der Waals surface area contributed by atoms with Gasteiger partial charge in [0, 0.05) is 16.0 Å². The number of nitrogens with one attached hydrogen (secondary N) is 1. The lowest BCUT2D eigenvalue weighted by atomic mass is 10.0. The number of aryl methyl sites for hydroxylation is 2. The summed E-state index contributed by atoms with van der Waals surface area (Å²) in [7, 11) is 0. The number of benzene rings is 1. The summed E-state index contributed by atoms with van der Waals surface area (Å²) in [5, 5.41) is 3.97. The number of carbonyl (C=O) groups is 1. The van der Waals surface area contributed by atoms with Gasteiger partial charge in [-0.05, 0) is 31.9 Å². The van der Waals surface area contributed by atoms with Crippen molar-refractivity contribution in [1.29, 1.82) is 0 Å². The van der Waals surface area contributed by atoms with E-state index < -0.39 is 0 Å². The van der Waals surface area contributed by atoms with E-state index in [0.29, 0.717) is 0 Å². The van der Waals surface area contributed by atoms with Gasteiger partial charge in [0.1, 0.15) is 11.5 Å². The van der Waals surface area contributed by atoms with E-state index in [1.54, 1.807) is 11.3 Å². The third kappa shape index (κ3) is 3.93. The van der Waals surface area contributed by atoms with E-state index in [1.807, 2.05) is 6.07 Å². The highest BCUT2D eigenvalue weighted by molar-refractivity contribution is 7.16. The van der Waals surface area contributed by atoms with Gasteiger partial charge in [0.05, 0.1) is 5.71 Å². The van der Waals surface area contributed by atoms with Gasteiger partial charge < -0.3 is 5.32 Å². The first-order valence-electron chi connectivity index (χ1n) is 8.72. The van der Waals surface area contributed by atoms with Crippen LogP contribution < -0.4 is 5.32 Å². The smallest absolute Gasteiger partial charge is 0.246 e. The summed E-state index contributed by atoms with van der Waals surface area (Å²) >= 11 is 1.70. The Morgan fingerprint density at radius 2 is 2.08 bits per heavy atom. The minimum Gasteiger partial charge on any atom is -0.316 e. The van der Waals surface area contributed by atoms with Crippen molar-refractivity contribution >= 4 is 28.0 Å². The maximum atomic E-state index is 12.0. The predicted octanol–water partition coefficient (Wildman–Crippen LogP) is 4.97. The number of hydrogen-bond acceptors (Lipinski definition) is 3. The summed E-state index contributed by atoms with van der Waals surface area (Å²) in [6.45, 7) is 4.50. The second kappa shape index (κ2) is 7.75. The molecule has 1 N–H and O–H groups in total. The zero-order valence-electron chi connectivity index (χ0n) is 14.4. The molecule has 0 saturated heterocycles. The molecule has 3 nitrogen and oxygen atoms in total. The molecule has 1 aliphatic heterocycles. The summed E-state index contributed by atoms with van der Waals surface area (Å²) in [6, 6.07) is 10.6. The maximum Gasteiger partial charge on any atom is 0.246 e. The number of unbranched alkanes of at least 4 members (excludes halogenated alkanes) is 3. The minimum absolute atomic E-state index is 0.0294.